The minimum Gasteiger partial charge on any atom is -0.489 e. The Labute approximate surface area is 206 Å². The predicted octanol–water partition coefficient (Wildman–Crippen LogP) is 6.46. The standard InChI is InChI=1S/C28H24F3N3O2/c1-19-15-23(17-32-33-27(35)22-9-6-10-24(16-22)28(29,30)31)20(2)34(19)25-11-13-26(14-12-25)36-18-21-7-4-3-5-8-21/h3-17H,18H2,1-2H3,(H,33,35)/b32-17-. The van der Waals surface area contributed by atoms with Crippen LogP contribution in [0.25, 0.3) is 5.69 Å². The Bertz CT molecular complexity index is 1380. The number of hydrogen-bond donors (Lipinski definition) is 1. The van der Waals surface area contributed by atoms with Crippen LogP contribution in [-0.2, 0) is 12.8 Å². The molecule has 0 fully saturated rings. The number of amides is 1. The number of rotatable bonds is 7. The third-order valence-electron chi connectivity index (χ3n) is 5.64. The molecule has 4 rings (SSSR count). The number of carbonyl (C=O) groups excluding carboxylic acids is 1. The molecule has 1 heterocycles. The van der Waals surface area contributed by atoms with Gasteiger partial charge >= 0.3 is 6.18 Å². The smallest absolute Gasteiger partial charge is 0.416 e. The quantitative estimate of drug-likeness (QED) is 0.238. The largest absolute Gasteiger partial charge is 0.489 e. The fourth-order valence-corrected chi connectivity index (χ4v) is 3.81. The zero-order valence-electron chi connectivity index (χ0n) is 19.7. The maximum Gasteiger partial charge on any atom is 0.416 e. The first-order valence-corrected chi connectivity index (χ1v) is 11.2. The zero-order chi connectivity index (χ0) is 25.7. The minimum absolute atomic E-state index is 0.123. The van der Waals surface area contributed by atoms with Gasteiger partial charge in [-0.25, -0.2) is 5.43 Å². The van der Waals surface area contributed by atoms with Gasteiger partial charge < -0.3 is 9.30 Å². The van der Waals surface area contributed by atoms with E-state index in [2.05, 4.69) is 10.5 Å². The van der Waals surface area contributed by atoms with E-state index in [4.69, 9.17) is 4.74 Å². The fourth-order valence-electron chi connectivity index (χ4n) is 3.81. The minimum atomic E-state index is -4.52. The SMILES string of the molecule is Cc1cc(/C=N\NC(=O)c2cccc(C(F)(F)F)c2)c(C)n1-c1ccc(OCc2ccccc2)cc1. The number of ether oxygens (including phenoxy) is 1. The van der Waals surface area contributed by atoms with Gasteiger partial charge in [0.05, 0.1) is 11.8 Å². The van der Waals surface area contributed by atoms with Crippen LogP contribution in [0.15, 0.2) is 90.0 Å². The molecule has 4 aromatic rings. The highest BCUT2D eigenvalue weighted by Crippen LogP contribution is 2.29. The second kappa shape index (κ2) is 10.5. The summed E-state index contributed by atoms with van der Waals surface area (Å²) in [7, 11) is 0. The molecular weight excluding hydrogens is 467 g/mol. The van der Waals surface area contributed by atoms with Gasteiger partial charge in [0, 0.05) is 28.2 Å². The van der Waals surface area contributed by atoms with Crippen LogP contribution in [0.1, 0.15) is 38.4 Å². The second-order valence-electron chi connectivity index (χ2n) is 8.21. The molecule has 0 saturated heterocycles. The molecule has 0 saturated carbocycles. The van der Waals surface area contributed by atoms with E-state index in [1.165, 1.54) is 18.3 Å². The van der Waals surface area contributed by atoms with Crippen LogP contribution < -0.4 is 10.2 Å². The first kappa shape index (κ1) is 24.8. The Balaban J connectivity index is 1.43. The lowest BCUT2D eigenvalue weighted by Gasteiger charge is -2.11. The fraction of sp³-hybridized carbons (Fsp3) is 0.143. The number of hydrogen-bond acceptors (Lipinski definition) is 3. The molecule has 0 aliphatic carbocycles. The van der Waals surface area contributed by atoms with Crippen LogP contribution in [-0.4, -0.2) is 16.7 Å². The van der Waals surface area contributed by atoms with Crippen LogP contribution >= 0.6 is 0 Å². The lowest BCUT2D eigenvalue weighted by atomic mass is 10.1. The van der Waals surface area contributed by atoms with E-state index in [-0.39, 0.29) is 5.56 Å². The molecule has 0 spiro atoms. The number of benzene rings is 3. The Hall–Kier alpha value is -4.33. The average Bonchev–Trinajstić information content (AvgIpc) is 3.16. The van der Waals surface area contributed by atoms with Gasteiger partial charge in [0.1, 0.15) is 12.4 Å². The van der Waals surface area contributed by atoms with Crippen LogP contribution in [0.2, 0.25) is 0 Å². The summed E-state index contributed by atoms with van der Waals surface area (Å²) in [5.41, 5.74) is 5.91. The highest BCUT2D eigenvalue weighted by Gasteiger charge is 2.30. The Morgan fingerprint density at radius 1 is 0.972 bits per heavy atom. The van der Waals surface area contributed by atoms with Crippen molar-refractivity contribution < 1.29 is 22.7 Å². The number of carbonyl (C=O) groups is 1. The molecule has 1 aromatic heterocycles. The van der Waals surface area contributed by atoms with Crippen LogP contribution in [0.5, 0.6) is 5.75 Å². The van der Waals surface area contributed by atoms with Crippen molar-refractivity contribution in [3.05, 3.63) is 119 Å². The van der Waals surface area contributed by atoms with Crippen molar-refractivity contribution in [3.63, 3.8) is 0 Å². The van der Waals surface area contributed by atoms with Crippen LogP contribution in [0.3, 0.4) is 0 Å². The summed E-state index contributed by atoms with van der Waals surface area (Å²) < 4.78 is 46.6. The van der Waals surface area contributed by atoms with Gasteiger partial charge in [-0.1, -0.05) is 36.4 Å². The molecule has 1 N–H and O–H groups in total. The number of aryl methyl sites for hydroxylation is 1. The predicted molar refractivity (Wildman–Crippen MR) is 133 cm³/mol. The number of nitrogens with zero attached hydrogens (tertiary/aromatic N) is 2. The molecular formula is C28H24F3N3O2. The molecule has 3 aromatic carbocycles. The van der Waals surface area contributed by atoms with Crippen molar-refractivity contribution in [1.29, 1.82) is 0 Å². The average molecular weight is 492 g/mol. The number of aromatic nitrogens is 1. The molecule has 184 valence electrons. The highest BCUT2D eigenvalue weighted by molar-refractivity contribution is 5.95. The number of nitrogens with one attached hydrogen (secondary N) is 1. The van der Waals surface area contributed by atoms with Gasteiger partial charge in [-0.3, -0.25) is 4.79 Å². The zero-order valence-corrected chi connectivity index (χ0v) is 19.7. The van der Waals surface area contributed by atoms with Crippen molar-refractivity contribution in [2.24, 2.45) is 5.10 Å². The van der Waals surface area contributed by atoms with Gasteiger partial charge in [-0.15, -0.1) is 0 Å². The van der Waals surface area contributed by atoms with Crippen molar-refractivity contribution in [3.8, 4) is 11.4 Å². The summed E-state index contributed by atoms with van der Waals surface area (Å²) >= 11 is 0. The molecule has 36 heavy (non-hydrogen) atoms. The number of alkyl halides is 3. The first-order chi connectivity index (χ1) is 17.2. The van der Waals surface area contributed by atoms with E-state index >= 15 is 0 Å². The maximum absolute atomic E-state index is 12.9. The summed E-state index contributed by atoms with van der Waals surface area (Å²) in [5, 5.41) is 3.95. The molecule has 0 bridgehead atoms. The summed E-state index contributed by atoms with van der Waals surface area (Å²) in [6.45, 7) is 4.35. The van der Waals surface area contributed by atoms with Crippen molar-refractivity contribution >= 4 is 12.1 Å². The normalized spacial score (nSPS) is 11.6. The van der Waals surface area contributed by atoms with E-state index in [9.17, 15) is 18.0 Å². The molecule has 0 aliphatic heterocycles. The number of halogens is 3. The van der Waals surface area contributed by atoms with E-state index in [1.54, 1.807) is 0 Å². The summed E-state index contributed by atoms with van der Waals surface area (Å²) in [6.07, 6.45) is -3.05. The summed E-state index contributed by atoms with van der Waals surface area (Å²) in [4.78, 5) is 12.3. The Morgan fingerprint density at radius 3 is 2.39 bits per heavy atom. The van der Waals surface area contributed by atoms with Crippen molar-refractivity contribution in [2.75, 3.05) is 0 Å². The second-order valence-corrected chi connectivity index (χ2v) is 8.21. The lowest BCUT2D eigenvalue weighted by Crippen LogP contribution is -2.18. The molecule has 8 heteroatoms. The van der Waals surface area contributed by atoms with E-state index in [1.807, 2.05) is 79.1 Å². The summed E-state index contributed by atoms with van der Waals surface area (Å²) in [5.74, 6) is 0.0291. The van der Waals surface area contributed by atoms with E-state index in [0.717, 1.165) is 46.1 Å². The van der Waals surface area contributed by atoms with E-state index < -0.39 is 17.6 Å². The lowest BCUT2D eigenvalue weighted by molar-refractivity contribution is -0.137. The maximum atomic E-state index is 12.9. The highest BCUT2D eigenvalue weighted by atomic mass is 19.4. The molecule has 1 amide bonds. The van der Waals surface area contributed by atoms with Gasteiger partial charge in [-0.05, 0) is 67.9 Å². The van der Waals surface area contributed by atoms with Crippen LogP contribution in [0, 0.1) is 13.8 Å². The summed E-state index contributed by atoms with van der Waals surface area (Å²) in [6, 6.07) is 23.7. The van der Waals surface area contributed by atoms with Gasteiger partial charge in [0.15, 0.2) is 0 Å². The monoisotopic (exact) mass is 491 g/mol. The molecule has 0 aliphatic rings. The Kier molecular flexibility index (Phi) is 7.24. The van der Waals surface area contributed by atoms with Gasteiger partial charge in [0.2, 0.25) is 0 Å². The molecule has 5 nitrogen and oxygen atoms in total. The van der Waals surface area contributed by atoms with Gasteiger partial charge in [-0.2, -0.15) is 18.3 Å². The Morgan fingerprint density at radius 2 is 1.69 bits per heavy atom. The molecule has 0 radical (unpaired) electrons. The van der Waals surface area contributed by atoms with E-state index in [0.29, 0.717) is 6.61 Å². The molecule has 0 atom stereocenters. The van der Waals surface area contributed by atoms with Crippen molar-refractivity contribution in [1.82, 2.24) is 9.99 Å². The molecule has 0 unspecified atom stereocenters. The van der Waals surface area contributed by atoms with Crippen LogP contribution in [0.4, 0.5) is 13.2 Å². The van der Waals surface area contributed by atoms with Crippen molar-refractivity contribution in [2.45, 2.75) is 26.6 Å². The third kappa shape index (κ3) is 5.83. The topological polar surface area (TPSA) is 55.6 Å². The third-order valence-corrected chi connectivity index (χ3v) is 5.64. The number of hydrazone groups is 1. The van der Waals surface area contributed by atoms with Gasteiger partial charge in [0.25, 0.3) is 5.91 Å². The first-order valence-electron chi connectivity index (χ1n) is 11.2.